The van der Waals surface area contributed by atoms with Crippen LogP contribution < -0.4 is 0 Å². The van der Waals surface area contributed by atoms with Gasteiger partial charge in [-0.25, -0.2) is 0 Å². The summed E-state index contributed by atoms with van der Waals surface area (Å²) in [6.45, 7) is 9.61. The van der Waals surface area contributed by atoms with Gasteiger partial charge >= 0.3 is 0 Å². The molecule has 0 spiro atoms. The van der Waals surface area contributed by atoms with Crippen LogP contribution in [0, 0.1) is 0 Å². The number of aliphatic hydroxyl groups is 1. The second-order valence-electron chi connectivity index (χ2n) is 4.48. The van der Waals surface area contributed by atoms with Crippen LogP contribution in [0.3, 0.4) is 0 Å². The van der Waals surface area contributed by atoms with E-state index in [-0.39, 0.29) is 0 Å². The van der Waals surface area contributed by atoms with E-state index in [0.717, 1.165) is 12.8 Å². The predicted molar refractivity (Wildman–Crippen MR) is 65.7 cm³/mol. The van der Waals surface area contributed by atoms with Gasteiger partial charge in [0.2, 0.25) is 0 Å². The lowest BCUT2D eigenvalue weighted by Crippen LogP contribution is -2.32. The Kier molecular flexibility index (Phi) is 4.34. The summed E-state index contributed by atoms with van der Waals surface area (Å²) in [6.07, 6.45) is 9.49. The lowest BCUT2D eigenvalue weighted by molar-refractivity contribution is 0.0779. The molecule has 0 fully saturated rings. The van der Waals surface area contributed by atoms with Gasteiger partial charge in [-0.2, -0.15) is 0 Å². The van der Waals surface area contributed by atoms with Crippen molar-refractivity contribution in [1.29, 1.82) is 0 Å². The highest BCUT2D eigenvalue weighted by Gasteiger charge is 2.31. The van der Waals surface area contributed by atoms with Crippen molar-refractivity contribution in [3.63, 3.8) is 0 Å². The molecule has 1 nitrogen and oxygen atoms in total. The van der Waals surface area contributed by atoms with Crippen LogP contribution in [0.5, 0.6) is 0 Å². The molecule has 0 radical (unpaired) electrons. The third-order valence-electron chi connectivity index (χ3n) is 3.27. The van der Waals surface area contributed by atoms with Gasteiger partial charge in [-0.05, 0) is 51.0 Å². The van der Waals surface area contributed by atoms with Crippen LogP contribution in [0.25, 0.3) is 0 Å². The van der Waals surface area contributed by atoms with Crippen molar-refractivity contribution >= 4 is 0 Å². The van der Waals surface area contributed by atoms with Crippen molar-refractivity contribution in [2.45, 2.75) is 51.0 Å². The van der Waals surface area contributed by atoms with E-state index in [1.165, 1.54) is 24.0 Å². The maximum absolute atomic E-state index is 10.6. The van der Waals surface area contributed by atoms with Crippen LogP contribution in [0.4, 0.5) is 0 Å². The summed E-state index contributed by atoms with van der Waals surface area (Å²) >= 11 is 0. The van der Waals surface area contributed by atoms with Crippen molar-refractivity contribution in [3.8, 4) is 0 Å². The minimum absolute atomic E-state index is 0.631. The number of hydrogen-bond donors (Lipinski definition) is 1. The van der Waals surface area contributed by atoms with E-state index in [1.54, 1.807) is 12.2 Å². The van der Waals surface area contributed by atoms with Gasteiger partial charge < -0.3 is 5.11 Å². The molecule has 1 aliphatic carbocycles. The maximum atomic E-state index is 10.6. The SMILES string of the molecule is C=CCC(O)(CC=C)C1=C(C)CCCC1. The van der Waals surface area contributed by atoms with E-state index in [0.29, 0.717) is 12.8 Å². The van der Waals surface area contributed by atoms with E-state index in [2.05, 4.69) is 20.1 Å². The summed E-state index contributed by atoms with van der Waals surface area (Å²) in [7, 11) is 0. The van der Waals surface area contributed by atoms with Crippen LogP contribution in [0.2, 0.25) is 0 Å². The number of hydrogen-bond acceptors (Lipinski definition) is 1. The Hall–Kier alpha value is -0.820. The molecule has 0 atom stereocenters. The maximum Gasteiger partial charge on any atom is 0.0927 e. The van der Waals surface area contributed by atoms with Crippen molar-refractivity contribution in [2.24, 2.45) is 0 Å². The van der Waals surface area contributed by atoms with Gasteiger partial charge in [-0.15, -0.1) is 13.2 Å². The quantitative estimate of drug-likeness (QED) is 0.679. The normalized spacial score (nSPS) is 17.7. The fraction of sp³-hybridized carbons (Fsp3) is 0.571. The fourth-order valence-corrected chi connectivity index (χ4v) is 2.49. The first kappa shape index (κ1) is 12.3. The van der Waals surface area contributed by atoms with E-state index in [1.807, 2.05) is 0 Å². The molecule has 0 bridgehead atoms. The summed E-state index contributed by atoms with van der Waals surface area (Å²) in [5, 5.41) is 10.6. The summed E-state index contributed by atoms with van der Waals surface area (Å²) in [5.41, 5.74) is 1.88. The smallest absolute Gasteiger partial charge is 0.0927 e. The first-order chi connectivity index (χ1) is 7.14. The molecule has 0 unspecified atom stereocenters. The molecule has 0 aliphatic heterocycles. The van der Waals surface area contributed by atoms with Crippen LogP contribution in [-0.2, 0) is 0 Å². The zero-order valence-corrected chi connectivity index (χ0v) is 9.76. The summed E-state index contributed by atoms with van der Waals surface area (Å²) < 4.78 is 0. The van der Waals surface area contributed by atoms with Crippen LogP contribution in [0.15, 0.2) is 36.5 Å². The Balaban J connectivity index is 2.95. The second kappa shape index (κ2) is 5.32. The third kappa shape index (κ3) is 2.82. The highest BCUT2D eigenvalue weighted by Crippen LogP contribution is 2.36. The molecule has 1 heteroatoms. The van der Waals surface area contributed by atoms with E-state index < -0.39 is 5.60 Å². The fourth-order valence-electron chi connectivity index (χ4n) is 2.49. The molecule has 84 valence electrons. The Labute approximate surface area is 93.2 Å². The van der Waals surface area contributed by atoms with Gasteiger partial charge in [0.25, 0.3) is 0 Å². The van der Waals surface area contributed by atoms with Gasteiger partial charge in [-0.1, -0.05) is 17.7 Å². The van der Waals surface area contributed by atoms with Crippen molar-refractivity contribution in [1.82, 2.24) is 0 Å². The van der Waals surface area contributed by atoms with Crippen LogP contribution in [-0.4, -0.2) is 10.7 Å². The molecule has 1 rings (SSSR count). The highest BCUT2D eigenvalue weighted by atomic mass is 16.3. The Morgan fingerprint density at radius 2 is 1.73 bits per heavy atom. The largest absolute Gasteiger partial charge is 0.385 e. The zero-order chi connectivity index (χ0) is 11.3. The molecule has 0 amide bonds. The van der Waals surface area contributed by atoms with Gasteiger partial charge in [0.1, 0.15) is 0 Å². The lowest BCUT2D eigenvalue weighted by atomic mass is 9.78. The van der Waals surface area contributed by atoms with Gasteiger partial charge in [0, 0.05) is 0 Å². The molecular formula is C14H22O. The molecule has 0 aromatic rings. The number of allylic oxidation sites excluding steroid dienone is 1. The predicted octanol–water partition coefficient (Wildman–Crippen LogP) is 3.76. The Bertz CT molecular complexity index is 263. The average molecular weight is 206 g/mol. The average Bonchev–Trinajstić information content (AvgIpc) is 2.19. The molecule has 15 heavy (non-hydrogen) atoms. The topological polar surface area (TPSA) is 20.2 Å². The third-order valence-corrected chi connectivity index (χ3v) is 3.27. The monoisotopic (exact) mass is 206 g/mol. The Morgan fingerprint density at radius 1 is 1.20 bits per heavy atom. The molecule has 0 saturated heterocycles. The molecule has 1 N–H and O–H groups in total. The van der Waals surface area contributed by atoms with Crippen molar-refractivity contribution in [3.05, 3.63) is 36.5 Å². The summed E-state index contributed by atoms with van der Waals surface area (Å²) in [4.78, 5) is 0. The first-order valence-corrected chi connectivity index (χ1v) is 5.77. The molecular weight excluding hydrogens is 184 g/mol. The zero-order valence-electron chi connectivity index (χ0n) is 9.76. The Morgan fingerprint density at radius 3 is 2.20 bits per heavy atom. The van der Waals surface area contributed by atoms with Gasteiger partial charge in [-0.3, -0.25) is 0 Å². The standard InChI is InChI=1S/C14H22O/c1-4-10-14(15,11-5-2)13-9-7-6-8-12(13)3/h4-5,15H,1-2,6-11H2,3H3. The van der Waals surface area contributed by atoms with E-state index in [9.17, 15) is 5.11 Å². The van der Waals surface area contributed by atoms with Crippen molar-refractivity contribution in [2.75, 3.05) is 0 Å². The molecule has 0 aromatic heterocycles. The second-order valence-corrected chi connectivity index (χ2v) is 4.48. The minimum atomic E-state index is -0.714. The molecule has 1 aliphatic rings. The molecule has 0 saturated carbocycles. The van der Waals surface area contributed by atoms with Gasteiger partial charge in [0.15, 0.2) is 0 Å². The highest BCUT2D eigenvalue weighted by molar-refractivity contribution is 5.27. The summed E-state index contributed by atoms with van der Waals surface area (Å²) in [6, 6.07) is 0. The van der Waals surface area contributed by atoms with E-state index in [4.69, 9.17) is 0 Å². The van der Waals surface area contributed by atoms with Crippen LogP contribution >= 0.6 is 0 Å². The summed E-state index contributed by atoms with van der Waals surface area (Å²) in [5.74, 6) is 0. The lowest BCUT2D eigenvalue weighted by Gasteiger charge is -2.33. The number of rotatable bonds is 5. The molecule has 0 heterocycles. The molecule has 0 aromatic carbocycles. The van der Waals surface area contributed by atoms with Crippen molar-refractivity contribution < 1.29 is 5.11 Å². The van der Waals surface area contributed by atoms with E-state index >= 15 is 0 Å². The minimum Gasteiger partial charge on any atom is -0.385 e. The van der Waals surface area contributed by atoms with Crippen LogP contribution in [0.1, 0.15) is 45.4 Å². The first-order valence-electron chi connectivity index (χ1n) is 5.77. The van der Waals surface area contributed by atoms with Gasteiger partial charge in [0.05, 0.1) is 5.60 Å².